The second-order valence-corrected chi connectivity index (χ2v) is 4.71. The van der Waals surface area contributed by atoms with Gasteiger partial charge in [0.25, 0.3) is 0 Å². The van der Waals surface area contributed by atoms with Gasteiger partial charge in [-0.05, 0) is 12.1 Å². The number of anilines is 1. The highest BCUT2D eigenvalue weighted by molar-refractivity contribution is 8.01. The van der Waals surface area contributed by atoms with E-state index in [1.807, 2.05) is 24.3 Å². The highest BCUT2D eigenvalue weighted by Gasteiger charge is 2.28. The summed E-state index contributed by atoms with van der Waals surface area (Å²) < 4.78 is 0. The molecule has 1 aliphatic heterocycles. The first-order chi connectivity index (χ1) is 7.70. The molecule has 1 aliphatic rings. The molecular weight excluding hydrogens is 224 g/mol. The molecule has 0 unspecified atom stereocenters. The first kappa shape index (κ1) is 11.0. The van der Waals surface area contributed by atoms with Gasteiger partial charge >= 0.3 is 0 Å². The van der Waals surface area contributed by atoms with Crippen molar-refractivity contribution in [1.82, 2.24) is 5.32 Å². The van der Waals surface area contributed by atoms with Crippen LogP contribution in [0.5, 0.6) is 0 Å². The van der Waals surface area contributed by atoms with Gasteiger partial charge in [-0.2, -0.15) is 0 Å². The zero-order chi connectivity index (χ0) is 11.5. The lowest BCUT2D eigenvalue weighted by molar-refractivity contribution is -0.123. The smallest absolute Gasteiger partial charge is 0.238 e. The molecule has 0 saturated heterocycles. The van der Waals surface area contributed by atoms with Gasteiger partial charge in [0.15, 0.2) is 0 Å². The maximum atomic E-state index is 11.7. The average Bonchev–Trinajstić information content (AvgIpc) is 2.30. The molecule has 0 saturated carbocycles. The monoisotopic (exact) mass is 236 g/mol. The summed E-state index contributed by atoms with van der Waals surface area (Å²) in [5.41, 5.74) is 0.825. The van der Waals surface area contributed by atoms with E-state index in [2.05, 4.69) is 10.6 Å². The van der Waals surface area contributed by atoms with E-state index < -0.39 is 0 Å². The number of para-hydroxylation sites is 1. The molecule has 4 nitrogen and oxygen atoms in total. The summed E-state index contributed by atoms with van der Waals surface area (Å²) in [6.07, 6.45) is 0.210. The summed E-state index contributed by atoms with van der Waals surface area (Å²) in [6, 6.07) is 7.59. The largest absolute Gasteiger partial charge is 0.359 e. The van der Waals surface area contributed by atoms with E-state index in [4.69, 9.17) is 0 Å². The normalized spacial score (nSPS) is 18.6. The van der Waals surface area contributed by atoms with E-state index in [-0.39, 0.29) is 23.5 Å². The minimum absolute atomic E-state index is 0.104. The van der Waals surface area contributed by atoms with Crippen LogP contribution in [0.1, 0.15) is 6.42 Å². The van der Waals surface area contributed by atoms with Crippen molar-refractivity contribution in [3.05, 3.63) is 24.3 Å². The Hall–Kier alpha value is -1.49. The predicted octanol–water partition coefficient (Wildman–Crippen LogP) is 1.24. The molecule has 16 heavy (non-hydrogen) atoms. The summed E-state index contributed by atoms with van der Waals surface area (Å²) in [5, 5.41) is 4.99. The molecule has 0 fully saturated rings. The van der Waals surface area contributed by atoms with E-state index in [0.29, 0.717) is 0 Å². The maximum absolute atomic E-state index is 11.7. The fourth-order valence-electron chi connectivity index (χ4n) is 1.50. The van der Waals surface area contributed by atoms with E-state index in [0.717, 1.165) is 10.6 Å². The summed E-state index contributed by atoms with van der Waals surface area (Å²) in [6.45, 7) is 0. The van der Waals surface area contributed by atoms with Crippen molar-refractivity contribution in [3.63, 3.8) is 0 Å². The fourth-order valence-corrected chi connectivity index (χ4v) is 2.61. The van der Waals surface area contributed by atoms with Crippen LogP contribution in [0.25, 0.3) is 0 Å². The van der Waals surface area contributed by atoms with Crippen molar-refractivity contribution < 1.29 is 9.59 Å². The lowest BCUT2D eigenvalue weighted by Crippen LogP contribution is -2.33. The zero-order valence-corrected chi connectivity index (χ0v) is 9.64. The van der Waals surface area contributed by atoms with Gasteiger partial charge in [-0.1, -0.05) is 12.1 Å². The first-order valence-corrected chi connectivity index (χ1v) is 5.86. The van der Waals surface area contributed by atoms with Crippen molar-refractivity contribution >= 4 is 29.3 Å². The van der Waals surface area contributed by atoms with Crippen LogP contribution < -0.4 is 10.6 Å². The molecule has 0 aromatic heterocycles. The highest BCUT2D eigenvalue weighted by atomic mass is 32.2. The molecule has 0 bridgehead atoms. The minimum atomic E-state index is -0.338. The standard InChI is InChI=1S/C11H12N2O2S/c1-12-10(14)6-9-11(15)13-7-4-2-3-5-8(7)16-9/h2-5,9H,6H2,1H3,(H,12,14)(H,13,15)/t9-/m1/s1. The number of benzene rings is 1. The predicted molar refractivity (Wildman–Crippen MR) is 63.4 cm³/mol. The molecular formula is C11H12N2O2S. The Labute approximate surface area is 97.8 Å². The number of nitrogens with one attached hydrogen (secondary N) is 2. The van der Waals surface area contributed by atoms with Crippen LogP contribution in [-0.2, 0) is 9.59 Å². The van der Waals surface area contributed by atoms with Crippen molar-refractivity contribution in [2.24, 2.45) is 0 Å². The number of carbonyl (C=O) groups excluding carboxylic acids is 2. The van der Waals surface area contributed by atoms with Crippen LogP contribution in [0.15, 0.2) is 29.2 Å². The molecule has 1 aromatic carbocycles. The van der Waals surface area contributed by atoms with Crippen molar-refractivity contribution in [3.8, 4) is 0 Å². The molecule has 0 aliphatic carbocycles. The number of carbonyl (C=O) groups is 2. The van der Waals surface area contributed by atoms with Gasteiger partial charge < -0.3 is 10.6 Å². The van der Waals surface area contributed by atoms with Crippen LogP contribution in [-0.4, -0.2) is 24.1 Å². The van der Waals surface area contributed by atoms with Crippen LogP contribution in [0.3, 0.4) is 0 Å². The second kappa shape index (κ2) is 4.57. The average molecular weight is 236 g/mol. The zero-order valence-electron chi connectivity index (χ0n) is 8.82. The number of hydrogen-bond acceptors (Lipinski definition) is 3. The minimum Gasteiger partial charge on any atom is -0.359 e. The van der Waals surface area contributed by atoms with Crippen LogP contribution >= 0.6 is 11.8 Å². The Morgan fingerprint density at radius 1 is 1.50 bits per heavy atom. The Kier molecular flexibility index (Phi) is 3.14. The van der Waals surface area contributed by atoms with Crippen LogP contribution in [0, 0.1) is 0 Å². The molecule has 1 heterocycles. The van der Waals surface area contributed by atoms with Crippen molar-refractivity contribution in [2.45, 2.75) is 16.6 Å². The summed E-state index contributed by atoms with van der Waals surface area (Å²) in [5.74, 6) is -0.223. The lowest BCUT2D eigenvalue weighted by atomic mass is 10.2. The summed E-state index contributed by atoms with van der Waals surface area (Å²) >= 11 is 1.44. The number of hydrogen-bond donors (Lipinski definition) is 2. The molecule has 0 radical (unpaired) electrons. The molecule has 1 aromatic rings. The van der Waals surface area contributed by atoms with Gasteiger partial charge in [0.1, 0.15) is 0 Å². The van der Waals surface area contributed by atoms with Crippen molar-refractivity contribution in [1.29, 1.82) is 0 Å². The Morgan fingerprint density at radius 2 is 2.25 bits per heavy atom. The number of thioether (sulfide) groups is 1. The molecule has 2 rings (SSSR count). The SMILES string of the molecule is CNC(=O)C[C@H]1Sc2ccccc2NC1=O. The molecule has 0 spiro atoms. The second-order valence-electron chi connectivity index (χ2n) is 3.47. The maximum Gasteiger partial charge on any atom is 0.238 e. The number of amides is 2. The number of rotatable bonds is 2. The van der Waals surface area contributed by atoms with Gasteiger partial charge in [-0.15, -0.1) is 11.8 Å². The van der Waals surface area contributed by atoms with Crippen molar-refractivity contribution in [2.75, 3.05) is 12.4 Å². The molecule has 2 N–H and O–H groups in total. The molecule has 2 amide bonds. The molecule has 84 valence electrons. The van der Waals surface area contributed by atoms with E-state index >= 15 is 0 Å². The Morgan fingerprint density at radius 3 is 3.00 bits per heavy atom. The van der Waals surface area contributed by atoms with Gasteiger partial charge in [-0.3, -0.25) is 9.59 Å². The van der Waals surface area contributed by atoms with Gasteiger partial charge in [0, 0.05) is 18.4 Å². The topological polar surface area (TPSA) is 58.2 Å². The van der Waals surface area contributed by atoms with E-state index in [9.17, 15) is 9.59 Å². The molecule has 5 heteroatoms. The first-order valence-electron chi connectivity index (χ1n) is 4.98. The third-order valence-electron chi connectivity index (χ3n) is 2.36. The quantitative estimate of drug-likeness (QED) is 0.812. The summed E-state index contributed by atoms with van der Waals surface area (Å²) in [7, 11) is 1.57. The van der Waals surface area contributed by atoms with Gasteiger partial charge in [0.05, 0.1) is 10.9 Å². The van der Waals surface area contributed by atoms with E-state index in [1.165, 1.54) is 11.8 Å². The van der Waals surface area contributed by atoms with Gasteiger partial charge in [-0.25, -0.2) is 0 Å². The summed E-state index contributed by atoms with van der Waals surface area (Å²) in [4.78, 5) is 23.9. The highest BCUT2D eigenvalue weighted by Crippen LogP contribution is 2.36. The Bertz CT molecular complexity index is 434. The number of fused-ring (bicyclic) bond motifs is 1. The molecule has 1 atom stereocenters. The third kappa shape index (κ3) is 2.19. The van der Waals surface area contributed by atoms with Crippen LogP contribution in [0.2, 0.25) is 0 Å². The fraction of sp³-hybridized carbons (Fsp3) is 0.273. The Balaban J connectivity index is 2.15. The third-order valence-corrected chi connectivity index (χ3v) is 3.63. The lowest BCUT2D eigenvalue weighted by Gasteiger charge is -2.23. The van der Waals surface area contributed by atoms with Gasteiger partial charge in [0.2, 0.25) is 11.8 Å². The van der Waals surface area contributed by atoms with E-state index in [1.54, 1.807) is 7.05 Å². The van der Waals surface area contributed by atoms with Crippen LogP contribution in [0.4, 0.5) is 5.69 Å².